The summed E-state index contributed by atoms with van der Waals surface area (Å²) < 4.78 is 13.6. The zero-order valence-electron chi connectivity index (χ0n) is 9.51. The fraction of sp³-hybridized carbons (Fsp3) is 0.0833. The van der Waals surface area contributed by atoms with Crippen molar-refractivity contribution in [3.63, 3.8) is 0 Å². The first-order chi connectivity index (χ1) is 8.61. The van der Waals surface area contributed by atoms with Gasteiger partial charge in [0.1, 0.15) is 23.4 Å². The molecule has 5 nitrogen and oxygen atoms in total. The number of halogens is 1. The van der Waals surface area contributed by atoms with Gasteiger partial charge >= 0.3 is 5.69 Å². The molecule has 90 valence electrons. The highest BCUT2D eigenvalue weighted by Gasteiger charge is 2.11. The van der Waals surface area contributed by atoms with Crippen LogP contribution in [0.5, 0.6) is 0 Å². The zero-order chi connectivity index (χ0) is 13.1. The van der Waals surface area contributed by atoms with Crippen LogP contribution in [0.25, 0.3) is 0 Å². The molecule has 0 saturated heterocycles. The third-order valence-electron chi connectivity index (χ3n) is 2.41. The van der Waals surface area contributed by atoms with E-state index in [0.717, 1.165) is 0 Å². The lowest BCUT2D eigenvalue weighted by atomic mass is 10.3. The van der Waals surface area contributed by atoms with Gasteiger partial charge in [-0.05, 0) is 12.1 Å². The zero-order valence-corrected chi connectivity index (χ0v) is 9.51. The molecule has 0 spiro atoms. The van der Waals surface area contributed by atoms with Crippen LogP contribution in [-0.2, 0) is 0 Å². The third kappa shape index (κ3) is 2.20. The molecular weight excluding hydrogens is 235 g/mol. The van der Waals surface area contributed by atoms with Gasteiger partial charge in [0.15, 0.2) is 0 Å². The van der Waals surface area contributed by atoms with Crippen molar-refractivity contribution in [2.45, 2.75) is 0 Å². The minimum atomic E-state index is -0.646. The van der Waals surface area contributed by atoms with Gasteiger partial charge in [0.25, 0.3) is 0 Å². The van der Waals surface area contributed by atoms with E-state index in [2.05, 4.69) is 9.97 Å². The molecule has 0 amide bonds. The second-order valence-corrected chi connectivity index (χ2v) is 3.58. The quantitative estimate of drug-likeness (QED) is 0.869. The Kier molecular flexibility index (Phi) is 3.06. The van der Waals surface area contributed by atoms with Crippen LogP contribution in [0, 0.1) is 17.1 Å². The summed E-state index contributed by atoms with van der Waals surface area (Å²) >= 11 is 0. The SMILES string of the molecule is CN(c1cc(C#N)[nH]c(=O)n1)c1ccccc1F. The van der Waals surface area contributed by atoms with Crippen molar-refractivity contribution in [1.29, 1.82) is 5.26 Å². The number of nitrogens with zero attached hydrogens (tertiary/aromatic N) is 3. The molecule has 0 aliphatic heterocycles. The molecule has 1 N–H and O–H groups in total. The summed E-state index contributed by atoms with van der Waals surface area (Å²) in [5.74, 6) is -0.221. The van der Waals surface area contributed by atoms with Crippen LogP contribution in [0.3, 0.4) is 0 Å². The Morgan fingerprint density at radius 3 is 2.83 bits per heavy atom. The predicted molar refractivity (Wildman–Crippen MR) is 64.0 cm³/mol. The summed E-state index contributed by atoms with van der Waals surface area (Å²) in [6, 6.07) is 9.31. The Morgan fingerprint density at radius 1 is 1.44 bits per heavy atom. The van der Waals surface area contributed by atoms with Crippen molar-refractivity contribution in [1.82, 2.24) is 9.97 Å². The Labute approximate surface area is 102 Å². The van der Waals surface area contributed by atoms with Crippen LogP contribution in [0.4, 0.5) is 15.9 Å². The smallest absolute Gasteiger partial charge is 0.327 e. The number of anilines is 2. The van der Waals surface area contributed by atoms with Gasteiger partial charge in [0.2, 0.25) is 0 Å². The number of H-pyrrole nitrogens is 1. The maximum absolute atomic E-state index is 13.6. The molecule has 0 bridgehead atoms. The number of aromatic nitrogens is 2. The average molecular weight is 244 g/mol. The number of rotatable bonds is 2. The van der Waals surface area contributed by atoms with E-state index in [9.17, 15) is 9.18 Å². The summed E-state index contributed by atoms with van der Waals surface area (Å²) in [6.45, 7) is 0. The van der Waals surface area contributed by atoms with Gasteiger partial charge < -0.3 is 4.90 Å². The van der Waals surface area contributed by atoms with E-state index in [1.807, 2.05) is 6.07 Å². The Bertz CT molecular complexity index is 674. The molecule has 6 heteroatoms. The standard InChI is InChI=1S/C12H9FN4O/c1-17(10-5-3-2-4-9(10)13)11-6-8(7-14)15-12(18)16-11/h2-6H,1H3,(H,15,16,18). The largest absolute Gasteiger partial charge is 0.347 e. The van der Waals surface area contributed by atoms with Crippen molar-refractivity contribution in [3.8, 4) is 6.07 Å². The highest BCUT2D eigenvalue weighted by molar-refractivity contribution is 5.60. The van der Waals surface area contributed by atoms with E-state index in [4.69, 9.17) is 5.26 Å². The Hall–Kier alpha value is -2.68. The van der Waals surface area contributed by atoms with Crippen LogP contribution < -0.4 is 10.6 Å². The monoisotopic (exact) mass is 244 g/mol. The van der Waals surface area contributed by atoms with Crippen LogP contribution in [0.2, 0.25) is 0 Å². The number of aromatic amines is 1. The van der Waals surface area contributed by atoms with Gasteiger partial charge in [-0.25, -0.2) is 9.18 Å². The summed E-state index contributed by atoms with van der Waals surface area (Å²) in [5.41, 5.74) is -0.292. The molecule has 2 rings (SSSR count). The lowest BCUT2D eigenvalue weighted by Crippen LogP contribution is -2.20. The lowest BCUT2D eigenvalue weighted by molar-refractivity contribution is 0.627. The highest BCUT2D eigenvalue weighted by Crippen LogP contribution is 2.23. The second-order valence-electron chi connectivity index (χ2n) is 3.58. The van der Waals surface area contributed by atoms with E-state index in [1.165, 1.54) is 17.0 Å². The second kappa shape index (κ2) is 4.67. The molecule has 1 heterocycles. The van der Waals surface area contributed by atoms with Gasteiger partial charge in [-0.3, -0.25) is 4.98 Å². The van der Waals surface area contributed by atoms with Crippen molar-refractivity contribution >= 4 is 11.5 Å². The first-order valence-electron chi connectivity index (χ1n) is 5.11. The van der Waals surface area contributed by atoms with Gasteiger partial charge in [0, 0.05) is 13.1 Å². The number of nitrogens with one attached hydrogen (secondary N) is 1. The van der Waals surface area contributed by atoms with Crippen LogP contribution in [-0.4, -0.2) is 17.0 Å². The average Bonchev–Trinajstić information content (AvgIpc) is 2.37. The molecule has 1 aromatic heterocycles. The molecule has 0 atom stereocenters. The molecule has 0 fully saturated rings. The number of hydrogen-bond donors (Lipinski definition) is 1. The summed E-state index contributed by atoms with van der Waals surface area (Å²) in [6.07, 6.45) is 0. The van der Waals surface area contributed by atoms with Crippen molar-refractivity contribution in [2.75, 3.05) is 11.9 Å². The number of hydrogen-bond acceptors (Lipinski definition) is 4. The fourth-order valence-electron chi connectivity index (χ4n) is 1.52. The normalized spacial score (nSPS) is 9.83. The minimum Gasteiger partial charge on any atom is -0.327 e. The predicted octanol–water partition coefficient (Wildman–Crippen LogP) is 1.55. The molecule has 2 aromatic rings. The van der Waals surface area contributed by atoms with Crippen molar-refractivity contribution < 1.29 is 4.39 Å². The first-order valence-corrected chi connectivity index (χ1v) is 5.11. The molecule has 0 aliphatic carbocycles. The number of nitriles is 1. The van der Waals surface area contributed by atoms with Gasteiger partial charge in [-0.15, -0.1) is 0 Å². The highest BCUT2D eigenvalue weighted by atomic mass is 19.1. The lowest BCUT2D eigenvalue weighted by Gasteiger charge is -2.18. The molecule has 1 aromatic carbocycles. The first kappa shape index (κ1) is 11.8. The van der Waals surface area contributed by atoms with E-state index in [1.54, 1.807) is 25.2 Å². The minimum absolute atomic E-state index is 0.0770. The van der Waals surface area contributed by atoms with Gasteiger partial charge in [-0.1, -0.05) is 12.1 Å². The van der Waals surface area contributed by atoms with Crippen molar-refractivity contribution in [2.24, 2.45) is 0 Å². The van der Waals surface area contributed by atoms with Gasteiger partial charge in [0.05, 0.1) is 5.69 Å². The summed E-state index contributed by atoms with van der Waals surface area (Å²) in [4.78, 5) is 18.6. The molecule has 0 unspecified atom stereocenters. The Balaban J connectivity index is 2.50. The van der Waals surface area contributed by atoms with E-state index >= 15 is 0 Å². The topological polar surface area (TPSA) is 72.8 Å². The molecule has 0 radical (unpaired) electrons. The van der Waals surface area contributed by atoms with Crippen LogP contribution >= 0.6 is 0 Å². The molecule has 0 aliphatic rings. The summed E-state index contributed by atoms with van der Waals surface area (Å²) in [7, 11) is 1.57. The van der Waals surface area contributed by atoms with Crippen LogP contribution in [0.1, 0.15) is 5.69 Å². The molecule has 18 heavy (non-hydrogen) atoms. The Morgan fingerprint density at radius 2 is 2.17 bits per heavy atom. The third-order valence-corrected chi connectivity index (χ3v) is 2.41. The van der Waals surface area contributed by atoms with Crippen molar-refractivity contribution in [3.05, 3.63) is 52.3 Å². The number of para-hydroxylation sites is 1. The molecule has 0 saturated carbocycles. The van der Waals surface area contributed by atoms with Crippen LogP contribution in [0.15, 0.2) is 35.1 Å². The summed E-state index contributed by atoms with van der Waals surface area (Å²) in [5, 5.41) is 8.75. The molecular formula is C12H9FN4O. The van der Waals surface area contributed by atoms with Gasteiger partial charge in [-0.2, -0.15) is 10.2 Å². The van der Waals surface area contributed by atoms with E-state index in [-0.39, 0.29) is 17.2 Å². The van der Waals surface area contributed by atoms with E-state index in [0.29, 0.717) is 0 Å². The number of benzene rings is 1. The fourth-order valence-corrected chi connectivity index (χ4v) is 1.52. The maximum atomic E-state index is 13.6. The van der Waals surface area contributed by atoms with E-state index < -0.39 is 11.5 Å². The maximum Gasteiger partial charge on any atom is 0.347 e.